The van der Waals surface area contributed by atoms with Gasteiger partial charge in [-0.15, -0.1) is 0 Å². The van der Waals surface area contributed by atoms with Crippen LogP contribution in [0.4, 0.5) is 0 Å². The van der Waals surface area contributed by atoms with Gasteiger partial charge in [0.05, 0.1) is 6.10 Å². The summed E-state index contributed by atoms with van der Waals surface area (Å²) in [4.78, 5) is 0. The number of hydrogen-bond acceptors (Lipinski definition) is 2. The molecule has 1 aromatic rings. The number of rotatable bonds is 5. The molecule has 1 aromatic carbocycles. The Labute approximate surface area is 99.9 Å². The van der Waals surface area contributed by atoms with Gasteiger partial charge in [-0.2, -0.15) is 0 Å². The van der Waals surface area contributed by atoms with Gasteiger partial charge >= 0.3 is 0 Å². The second kappa shape index (κ2) is 6.26. The number of halogens is 1. The summed E-state index contributed by atoms with van der Waals surface area (Å²) in [6.07, 6.45) is 0.953. The molecule has 2 N–H and O–H groups in total. The van der Waals surface area contributed by atoms with Gasteiger partial charge in [0.1, 0.15) is 0 Å². The van der Waals surface area contributed by atoms with Crippen LogP contribution < -0.4 is 5.73 Å². The van der Waals surface area contributed by atoms with Gasteiger partial charge in [-0.1, -0.05) is 28.1 Å². The molecule has 1 rings (SSSR count). The third kappa shape index (κ3) is 4.33. The number of benzene rings is 1. The Bertz CT molecular complexity index is 303. The van der Waals surface area contributed by atoms with Crippen molar-refractivity contribution in [3.05, 3.63) is 34.3 Å². The summed E-state index contributed by atoms with van der Waals surface area (Å²) >= 11 is 3.45. The molecule has 0 aromatic heterocycles. The predicted octanol–water partition coefficient (Wildman–Crippen LogP) is 2.74. The highest BCUT2D eigenvalue weighted by molar-refractivity contribution is 9.10. The third-order valence-electron chi connectivity index (χ3n) is 2.39. The van der Waals surface area contributed by atoms with E-state index >= 15 is 0 Å². The molecule has 3 heteroatoms. The molecule has 15 heavy (non-hydrogen) atoms. The van der Waals surface area contributed by atoms with Crippen molar-refractivity contribution in [2.24, 2.45) is 5.73 Å². The SMILES string of the molecule is CCOC(C)C(N)Cc1cccc(Br)c1. The van der Waals surface area contributed by atoms with E-state index in [4.69, 9.17) is 10.5 Å². The van der Waals surface area contributed by atoms with Crippen molar-refractivity contribution >= 4 is 15.9 Å². The molecule has 0 aliphatic rings. The van der Waals surface area contributed by atoms with Crippen LogP contribution >= 0.6 is 15.9 Å². The van der Waals surface area contributed by atoms with Crippen molar-refractivity contribution in [2.45, 2.75) is 32.4 Å². The Morgan fingerprint density at radius 2 is 2.20 bits per heavy atom. The molecular weight excluding hydrogens is 254 g/mol. The minimum atomic E-state index is 0.0549. The minimum Gasteiger partial charge on any atom is -0.377 e. The van der Waals surface area contributed by atoms with Crippen molar-refractivity contribution in [3.63, 3.8) is 0 Å². The lowest BCUT2D eigenvalue weighted by Crippen LogP contribution is -2.36. The summed E-state index contributed by atoms with van der Waals surface area (Å²) < 4.78 is 6.56. The van der Waals surface area contributed by atoms with Crippen molar-refractivity contribution in [1.82, 2.24) is 0 Å². The van der Waals surface area contributed by atoms with E-state index in [9.17, 15) is 0 Å². The Morgan fingerprint density at radius 3 is 2.80 bits per heavy atom. The average molecular weight is 272 g/mol. The van der Waals surface area contributed by atoms with Crippen molar-refractivity contribution < 1.29 is 4.74 Å². The van der Waals surface area contributed by atoms with Gasteiger partial charge in [0.25, 0.3) is 0 Å². The molecule has 0 aliphatic heterocycles. The van der Waals surface area contributed by atoms with E-state index in [0.717, 1.165) is 10.9 Å². The van der Waals surface area contributed by atoms with E-state index in [1.165, 1.54) is 5.56 Å². The monoisotopic (exact) mass is 271 g/mol. The molecule has 2 atom stereocenters. The maximum atomic E-state index is 6.05. The first-order valence-corrected chi connectivity index (χ1v) is 6.04. The zero-order chi connectivity index (χ0) is 11.3. The second-order valence-electron chi connectivity index (χ2n) is 3.66. The van der Waals surface area contributed by atoms with E-state index in [2.05, 4.69) is 28.1 Å². The lowest BCUT2D eigenvalue weighted by atomic mass is 10.0. The molecule has 0 saturated heterocycles. The van der Waals surface area contributed by atoms with Crippen LogP contribution in [0.2, 0.25) is 0 Å². The highest BCUT2D eigenvalue weighted by atomic mass is 79.9. The fraction of sp³-hybridized carbons (Fsp3) is 0.500. The van der Waals surface area contributed by atoms with Crippen LogP contribution in [0.1, 0.15) is 19.4 Å². The number of nitrogens with two attached hydrogens (primary N) is 1. The quantitative estimate of drug-likeness (QED) is 0.894. The summed E-state index contributed by atoms with van der Waals surface area (Å²) in [5.74, 6) is 0. The van der Waals surface area contributed by atoms with Crippen LogP contribution in [-0.4, -0.2) is 18.8 Å². The Morgan fingerprint density at radius 1 is 1.47 bits per heavy atom. The third-order valence-corrected chi connectivity index (χ3v) is 2.89. The predicted molar refractivity (Wildman–Crippen MR) is 66.9 cm³/mol. The Kier molecular flexibility index (Phi) is 5.29. The van der Waals surface area contributed by atoms with Gasteiger partial charge in [-0.05, 0) is 38.0 Å². The molecule has 0 heterocycles. The lowest BCUT2D eigenvalue weighted by Gasteiger charge is -2.19. The van der Waals surface area contributed by atoms with E-state index in [-0.39, 0.29) is 12.1 Å². The summed E-state index contributed by atoms with van der Waals surface area (Å²) in [7, 11) is 0. The largest absolute Gasteiger partial charge is 0.377 e. The van der Waals surface area contributed by atoms with Crippen LogP contribution in [0.5, 0.6) is 0 Å². The van der Waals surface area contributed by atoms with Gasteiger partial charge in [0, 0.05) is 17.1 Å². The fourth-order valence-corrected chi connectivity index (χ4v) is 1.94. The smallest absolute Gasteiger partial charge is 0.0700 e. The van der Waals surface area contributed by atoms with Crippen molar-refractivity contribution in [3.8, 4) is 0 Å². The zero-order valence-corrected chi connectivity index (χ0v) is 10.8. The second-order valence-corrected chi connectivity index (χ2v) is 4.57. The van der Waals surface area contributed by atoms with Crippen molar-refractivity contribution in [1.29, 1.82) is 0 Å². The van der Waals surface area contributed by atoms with Gasteiger partial charge < -0.3 is 10.5 Å². The molecule has 0 aliphatic carbocycles. The van der Waals surface area contributed by atoms with Gasteiger partial charge in [0.2, 0.25) is 0 Å². The first-order valence-electron chi connectivity index (χ1n) is 5.25. The number of hydrogen-bond donors (Lipinski definition) is 1. The van der Waals surface area contributed by atoms with Gasteiger partial charge in [-0.25, -0.2) is 0 Å². The molecule has 0 fully saturated rings. The van der Waals surface area contributed by atoms with Crippen molar-refractivity contribution in [2.75, 3.05) is 6.61 Å². The minimum absolute atomic E-state index is 0.0549. The van der Waals surface area contributed by atoms with E-state index in [1.807, 2.05) is 26.0 Å². The van der Waals surface area contributed by atoms with Gasteiger partial charge in [0.15, 0.2) is 0 Å². The maximum Gasteiger partial charge on any atom is 0.0700 e. The topological polar surface area (TPSA) is 35.2 Å². The Balaban J connectivity index is 2.54. The molecule has 2 unspecified atom stereocenters. The van der Waals surface area contributed by atoms with Crippen LogP contribution in [0.25, 0.3) is 0 Å². The fourth-order valence-electron chi connectivity index (χ4n) is 1.49. The Hall–Kier alpha value is -0.380. The zero-order valence-electron chi connectivity index (χ0n) is 9.24. The first kappa shape index (κ1) is 12.7. The molecular formula is C12H18BrNO. The molecule has 84 valence electrons. The normalized spacial score (nSPS) is 14.9. The van der Waals surface area contributed by atoms with Crippen LogP contribution in [0.15, 0.2) is 28.7 Å². The van der Waals surface area contributed by atoms with Crippen LogP contribution in [0, 0.1) is 0 Å². The standard InChI is InChI=1S/C12H18BrNO/c1-3-15-9(2)12(14)8-10-5-4-6-11(13)7-10/h4-7,9,12H,3,8,14H2,1-2H3. The molecule has 2 nitrogen and oxygen atoms in total. The van der Waals surface area contributed by atoms with Crippen LogP contribution in [-0.2, 0) is 11.2 Å². The summed E-state index contributed by atoms with van der Waals surface area (Å²) in [6, 6.07) is 8.28. The van der Waals surface area contributed by atoms with E-state index in [0.29, 0.717) is 6.61 Å². The molecule has 0 radical (unpaired) electrons. The molecule has 0 spiro atoms. The maximum absolute atomic E-state index is 6.05. The average Bonchev–Trinajstić information content (AvgIpc) is 2.18. The first-order chi connectivity index (χ1) is 7.13. The molecule has 0 bridgehead atoms. The molecule has 0 amide bonds. The summed E-state index contributed by atoms with van der Waals surface area (Å²) in [6.45, 7) is 4.72. The van der Waals surface area contributed by atoms with E-state index in [1.54, 1.807) is 0 Å². The van der Waals surface area contributed by atoms with E-state index < -0.39 is 0 Å². The summed E-state index contributed by atoms with van der Waals surface area (Å²) in [5, 5.41) is 0. The highest BCUT2D eigenvalue weighted by Crippen LogP contribution is 2.14. The number of ether oxygens (including phenoxy) is 1. The van der Waals surface area contributed by atoms with Gasteiger partial charge in [-0.3, -0.25) is 0 Å². The van der Waals surface area contributed by atoms with Crippen LogP contribution in [0.3, 0.4) is 0 Å². The highest BCUT2D eigenvalue weighted by Gasteiger charge is 2.12. The lowest BCUT2D eigenvalue weighted by molar-refractivity contribution is 0.0577. The molecule has 0 saturated carbocycles. The summed E-state index contributed by atoms with van der Waals surface area (Å²) in [5.41, 5.74) is 7.28.